The molecule has 0 unspecified atom stereocenters. The Balaban J connectivity index is 1.99. The van der Waals surface area contributed by atoms with Crippen LogP contribution in [0.3, 0.4) is 0 Å². The number of aromatic nitrogens is 3. The molecule has 3 N–H and O–H groups in total. The largest absolute Gasteiger partial charge is 0.497 e. The minimum atomic E-state index is -0.233. The molecular weight excluding hydrogens is 318 g/mol. The number of rotatable bonds is 7. The van der Waals surface area contributed by atoms with E-state index in [1.165, 1.54) is 22.8 Å². The van der Waals surface area contributed by atoms with Gasteiger partial charge in [0.05, 0.1) is 26.0 Å². The maximum atomic E-state index is 12.1. The summed E-state index contributed by atoms with van der Waals surface area (Å²) in [5.41, 5.74) is 0.840. The Morgan fingerprint density at radius 3 is 2.83 bits per heavy atom. The summed E-state index contributed by atoms with van der Waals surface area (Å²) in [5.74, 6) is 7.03. The summed E-state index contributed by atoms with van der Waals surface area (Å²) in [5, 5.41) is 10.9. The second-order valence-electron chi connectivity index (χ2n) is 4.71. The third-order valence-corrected chi connectivity index (χ3v) is 4.11. The zero-order valence-electron chi connectivity index (χ0n) is 13.1. The predicted molar refractivity (Wildman–Crippen MR) is 87.0 cm³/mol. The lowest BCUT2D eigenvalue weighted by molar-refractivity contribution is -0.119. The number of nitrogens with zero attached hydrogens (tertiary/aromatic N) is 3. The molecule has 23 heavy (non-hydrogen) atoms. The lowest BCUT2D eigenvalue weighted by atomic mass is 10.1. The molecule has 2 rings (SSSR count). The van der Waals surface area contributed by atoms with Gasteiger partial charge in [-0.2, -0.15) is 0 Å². The molecule has 0 bridgehead atoms. The van der Waals surface area contributed by atoms with Crippen molar-refractivity contribution in [3.63, 3.8) is 0 Å². The Morgan fingerprint density at radius 2 is 2.22 bits per heavy atom. The van der Waals surface area contributed by atoms with Gasteiger partial charge >= 0.3 is 0 Å². The number of methoxy groups -OCH3 is 2. The van der Waals surface area contributed by atoms with E-state index in [0.29, 0.717) is 16.7 Å². The van der Waals surface area contributed by atoms with E-state index in [1.807, 2.05) is 19.1 Å². The first-order valence-electron chi connectivity index (χ1n) is 6.84. The van der Waals surface area contributed by atoms with Crippen molar-refractivity contribution in [1.82, 2.24) is 20.2 Å². The van der Waals surface area contributed by atoms with E-state index in [-0.39, 0.29) is 17.7 Å². The van der Waals surface area contributed by atoms with Crippen molar-refractivity contribution in [3.8, 4) is 11.5 Å². The Bertz CT molecular complexity index is 676. The standard InChI is InChI=1S/C14H19N5O3S/c1-9(11-6-10(21-2)4-5-12(11)22-3)17-13(20)7-23-14-18-16-8-19(14)15/h4-6,8-9H,7,15H2,1-3H3,(H,17,20)/t9-/m1/s1. The summed E-state index contributed by atoms with van der Waals surface area (Å²) >= 11 is 1.21. The molecular formula is C14H19N5O3S. The van der Waals surface area contributed by atoms with Crippen molar-refractivity contribution in [1.29, 1.82) is 0 Å². The number of nitrogen functional groups attached to an aromatic ring is 1. The van der Waals surface area contributed by atoms with Gasteiger partial charge in [0.1, 0.15) is 17.8 Å². The zero-order chi connectivity index (χ0) is 16.8. The van der Waals surface area contributed by atoms with Gasteiger partial charge in [0, 0.05) is 5.56 Å². The molecule has 0 saturated heterocycles. The Kier molecular flexibility index (Phi) is 5.69. The molecule has 1 aromatic carbocycles. The average Bonchev–Trinajstić information content (AvgIpc) is 2.97. The van der Waals surface area contributed by atoms with Crippen molar-refractivity contribution < 1.29 is 14.3 Å². The van der Waals surface area contributed by atoms with Gasteiger partial charge in [0.15, 0.2) is 0 Å². The van der Waals surface area contributed by atoms with Gasteiger partial charge in [-0.3, -0.25) is 4.79 Å². The smallest absolute Gasteiger partial charge is 0.230 e. The predicted octanol–water partition coefficient (Wildman–Crippen LogP) is 0.979. The number of benzene rings is 1. The van der Waals surface area contributed by atoms with E-state index < -0.39 is 0 Å². The summed E-state index contributed by atoms with van der Waals surface area (Å²) < 4.78 is 11.8. The average molecular weight is 337 g/mol. The van der Waals surface area contributed by atoms with Crippen LogP contribution < -0.4 is 20.6 Å². The first kappa shape index (κ1) is 16.9. The number of amides is 1. The molecule has 0 saturated carbocycles. The maximum absolute atomic E-state index is 12.1. The van der Waals surface area contributed by atoms with Crippen LogP contribution >= 0.6 is 11.8 Å². The Morgan fingerprint density at radius 1 is 1.43 bits per heavy atom. The molecule has 0 radical (unpaired) electrons. The fourth-order valence-corrected chi connectivity index (χ4v) is 2.65. The van der Waals surface area contributed by atoms with Gasteiger partial charge in [-0.25, -0.2) is 4.68 Å². The summed E-state index contributed by atoms with van der Waals surface area (Å²) in [6.45, 7) is 1.88. The topological polar surface area (TPSA) is 104 Å². The van der Waals surface area contributed by atoms with Crippen molar-refractivity contribution in [2.45, 2.75) is 18.1 Å². The summed E-state index contributed by atoms with van der Waals surface area (Å²) in [6.07, 6.45) is 1.38. The molecule has 0 fully saturated rings. The van der Waals surface area contributed by atoms with Crippen LogP contribution in [0.1, 0.15) is 18.5 Å². The highest BCUT2D eigenvalue weighted by atomic mass is 32.2. The number of hydrogen-bond acceptors (Lipinski definition) is 7. The highest BCUT2D eigenvalue weighted by Gasteiger charge is 2.16. The summed E-state index contributed by atoms with van der Waals surface area (Å²) in [4.78, 5) is 12.1. The quantitative estimate of drug-likeness (QED) is 0.573. The van der Waals surface area contributed by atoms with E-state index in [4.69, 9.17) is 15.3 Å². The maximum Gasteiger partial charge on any atom is 0.230 e. The van der Waals surface area contributed by atoms with Crippen molar-refractivity contribution >= 4 is 17.7 Å². The van der Waals surface area contributed by atoms with E-state index in [1.54, 1.807) is 20.3 Å². The van der Waals surface area contributed by atoms with E-state index >= 15 is 0 Å². The second kappa shape index (κ2) is 7.73. The molecule has 0 spiro atoms. The Hall–Kier alpha value is -2.42. The molecule has 0 aliphatic heterocycles. The molecule has 0 aliphatic carbocycles. The van der Waals surface area contributed by atoms with Crippen LogP contribution in [0, 0.1) is 0 Å². The highest BCUT2D eigenvalue weighted by Crippen LogP contribution is 2.29. The van der Waals surface area contributed by atoms with Crippen LogP contribution in [0.15, 0.2) is 29.7 Å². The number of nitrogens with one attached hydrogen (secondary N) is 1. The number of carbonyl (C=O) groups is 1. The van der Waals surface area contributed by atoms with Crippen molar-refractivity contribution in [2.75, 3.05) is 25.8 Å². The second-order valence-corrected chi connectivity index (χ2v) is 5.65. The number of nitrogens with two attached hydrogens (primary N) is 1. The lowest BCUT2D eigenvalue weighted by Gasteiger charge is -2.18. The van der Waals surface area contributed by atoms with Gasteiger partial charge in [0.2, 0.25) is 11.1 Å². The van der Waals surface area contributed by atoms with Gasteiger partial charge < -0.3 is 20.6 Å². The van der Waals surface area contributed by atoms with Crippen LogP contribution in [0.25, 0.3) is 0 Å². The first-order valence-corrected chi connectivity index (χ1v) is 7.83. The first-order chi connectivity index (χ1) is 11.0. The third-order valence-electron chi connectivity index (χ3n) is 3.15. The number of hydrogen-bond donors (Lipinski definition) is 2. The molecule has 0 aliphatic rings. The Labute approximate surface area is 138 Å². The minimum absolute atomic E-state index is 0.143. The van der Waals surface area contributed by atoms with Gasteiger partial charge in [0.25, 0.3) is 0 Å². The van der Waals surface area contributed by atoms with Gasteiger partial charge in [-0.1, -0.05) is 11.8 Å². The van der Waals surface area contributed by atoms with E-state index in [2.05, 4.69) is 15.5 Å². The molecule has 1 amide bonds. The molecule has 1 heterocycles. The van der Waals surface area contributed by atoms with Crippen LogP contribution in [-0.4, -0.2) is 40.8 Å². The lowest BCUT2D eigenvalue weighted by Crippen LogP contribution is -2.28. The zero-order valence-corrected chi connectivity index (χ0v) is 14.0. The van der Waals surface area contributed by atoms with E-state index in [0.717, 1.165) is 5.56 Å². The molecule has 124 valence electrons. The van der Waals surface area contributed by atoms with Crippen LogP contribution in [0.2, 0.25) is 0 Å². The fraction of sp³-hybridized carbons (Fsp3) is 0.357. The molecule has 1 aromatic heterocycles. The number of carbonyl (C=O) groups excluding carboxylic acids is 1. The van der Waals surface area contributed by atoms with Gasteiger partial charge in [-0.15, -0.1) is 10.2 Å². The van der Waals surface area contributed by atoms with Crippen molar-refractivity contribution in [2.24, 2.45) is 0 Å². The third kappa shape index (κ3) is 4.28. The molecule has 1 atom stereocenters. The highest BCUT2D eigenvalue weighted by molar-refractivity contribution is 7.99. The van der Waals surface area contributed by atoms with Crippen LogP contribution in [-0.2, 0) is 4.79 Å². The van der Waals surface area contributed by atoms with Crippen molar-refractivity contribution in [3.05, 3.63) is 30.1 Å². The number of thioether (sulfide) groups is 1. The number of ether oxygens (including phenoxy) is 2. The normalized spacial score (nSPS) is 11.8. The molecule has 8 nitrogen and oxygen atoms in total. The SMILES string of the molecule is COc1ccc(OC)c([C@@H](C)NC(=O)CSc2nncn2N)c1. The molecule has 9 heteroatoms. The summed E-state index contributed by atoms with van der Waals surface area (Å²) in [7, 11) is 3.18. The fourth-order valence-electron chi connectivity index (χ4n) is 2.00. The summed E-state index contributed by atoms with van der Waals surface area (Å²) in [6, 6.07) is 5.22. The monoisotopic (exact) mass is 337 g/mol. The minimum Gasteiger partial charge on any atom is -0.497 e. The van der Waals surface area contributed by atoms with E-state index in [9.17, 15) is 4.79 Å². The van der Waals surface area contributed by atoms with Crippen LogP contribution in [0.5, 0.6) is 11.5 Å². The van der Waals surface area contributed by atoms with Gasteiger partial charge in [-0.05, 0) is 25.1 Å². The molecule has 2 aromatic rings. The van der Waals surface area contributed by atoms with Crippen LogP contribution in [0.4, 0.5) is 0 Å².